The molecule has 0 saturated carbocycles. The van der Waals surface area contributed by atoms with E-state index in [9.17, 15) is 9.59 Å². The molecule has 0 saturated heterocycles. The fraction of sp³-hybridized carbons (Fsp3) is 0.417. The van der Waals surface area contributed by atoms with Crippen LogP contribution in [0.3, 0.4) is 0 Å². The van der Waals surface area contributed by atoms with Crippen LogP contribution in [0.2, 0.25) is 5.02 Å². The fourth-order valence-electron chi connectivity index (χ4n) is 3.05. The summed E-state index contributed by atoms with van der Waals surface area (Å²) < 4.78 is 10.9. The molecule has 0 aromatic heterocycles. The van der Waals surface area contributed by atoms with E-state index in [0.717, 1.165) is 11.3 Å². The van der Waals surface area contributed by atoms with Crippen LogP contribution in [0.15, 0.2) is 48.5 Å². The van der Waals surface area contributed by atoms with Crippen molar-refractivity contribution >= 4 is 23.4 Å². The molecule has 2 aromatic rings. The highest BCUT2D eigenvalue weighted by atomic mass is 35.5. The normalized spacial score (nSPS) is 11.7. The van der Waals surface area contributed by atoms with Gasteiger partial charge in [-0.05, 0) is 48.2 Å². The summed E-state index contributed by atoms with van der Waals surface area (Å²) in [5.74, 6) is 1.11. The summed E-state index contributed by atoms with van der Waals surface area (Å²) in [6, 6.07) is 13.7. The molecule has 0 bridgehead atoms. The first-order valence-electron chi connectivity index (χ1n) is 10.4. The highest BCUT2D eigenvalue weighted by Crippen LogP contribution is 2.19. The second-order valence-electron chi connectivity index (χ2n) is 7.68. The molecule has 2 amide bonds. The third-order valence-corrected chi connectivity index (χ3v) is 4.98. The minimum absolute atomic E-state index is 0.166. The van der Waals surface area contributed by atoms with Crippen LogP contribution in [0.1, 0.15) is 32.8 Å². The van der Waals surface area contributed by atoms with Crippen molar-refractivity contribution in [3.05, 3.63) is 59.1 Å². The first kappa shape index (κ1) is 24.5. The van der Waals surface area contributed by atoms with Crippen molar-refractivity contribution in [2.24, 2.45) is 5.92 Å². The zero-order valence-electron chi connectivity index (χ0n) is 18.6. The first-order valence-corrected chi connectivity index (χ1v) is 10.8. The van der Waals surface area contributed by atoms with E-state index in [2.05, 4.69) is 5.32 Å². The molecule has 168 valence electrons. The molecule has 0 radical (unpaired) electrons. The molecular formula is C24H31ClN2O4. The molecule has 2 rings (SSSR count). The predicted octanol–water partition coefficient (Wildman–Crippen LogP) is 4.31. The summed E-state index contributed by atoms with van der Waals surface area (Å²) >= 11 is 5.99. The number of rotatable bonds is 11. The molecular weight excluding hydrogens is 416 g/mol. The van der Waals surface area contributed by atoms with Crippen LogP contribution in [0.5, 0.6) is 11.5 Å². The van der Waals surface area contributed by atoms with E-state index in [1.165, 1.54) is 0 Å². The van der Waals surface area contributed by atoms with Crippen LogP contribution < -0.4 is 14.8 Å². The van der Waals surface area contributed by atoms with Crippen LogP contribution in [0.25, 0.3) is 0 Å². The molecule has 0 fully saturated rings. The summed E-state index contributed by atoms with van der Waals surface area (Å²) in [6.45, 7) is 6.60. The number of halogens is 1. The largest absolute Gasteiger partial charge is 0.497 e. The Labute approximate surface area is 189 Å². The lowest BCUT2D eigenvalue weighted by Gasteiger charge is -2.31. The average molecular weight is 447 g/mol. The molecule has 0 aliphatic heterocycles. The van der Waals surface area contributed by atoms with Crippen LogP contribution in [0, 0.1) is 5.92 Å². The number of benzene rings is 2. The lowest BCUT2D eigenvalue weighted by atomic mass is 10.1. The Morgan fingerprint density at radius 2 is 1.81 bits per heavy atom. The minimum Gasteiger partial charge on any atom is -0.497 e. The number of carbonyl (C=O) groups is 2. The van der Waals surface area contributed by atoms with Crippen molar-refractivity contribution in [3.63, 3.8) is 0 Å². The average Bonchev–Trinajstić information content (AvgIpc) is 2.76. The van der Waals surface area contributed by atoms with Gasteiger partial charge in [0.1, 0.15) is 17.5 Å². The molecule has 6 nitrogen and oxygen atoms in total. The number of amides is 2. The van der Waals surface area contributed by atoms with E-state index in [1.807, 2.05) is 45.0 Å². The van der Waals surface area contributed by atoms with Crippen molar-refractivity contribution in [3.8, 4) is 11.5 Å². The van der Waals surface area contributed by atoms with Gasteiger partial charge in [0.05, 0.1) is 7.11 Å². The number of ether oxygens (including phenoxy) is 2. The van der Waals surface area contributed by atoms with Gasteiger partial charge < -0.3 is 19.7 Å². The van der Waals surface area contributed by atoms with Crippen LogP contribution in [0.4, 0.5) is 0 Å². The fourth-order valence-corrected chi connectivity index (χ4v) is 3.23. The number of hydrogen-bond acceptors (Lipinski definition) is 4. The highest BCUT2D eigenvalue weighted by Gasteiger charge is 2.29. The van der Waals surface area contributed by atoms with Gasteiger partial charge in [0.2, 0.25) is 5.91 Å². The monoisotopic (exact) mass is 446 g/mol. The van der Waals surface area contributed by atoms with Crippen LogP contribution in [-0.2, 0) is 16.1 Å². The third-order valence-electron chi connectivity index (χ3n) is 4.74. The Hall–Kier alpha value is -2.73. The maximum atomic E-state index is 13.1. The van der Waals surface area contributed by atoms with E-state index < -0.39 is 6.04 Å². The lowest BCUT2D eigenvalue weighted by Crippen LogP contribution is -2.50. The maximum absolute atomic E-state index is 13.1. The maximum Gasteiger partial charge on any atom is 0.261 e. The van der Waals surface area contributed by atoms with Crippen LogP contribution >= 0.6 is 11.6 Å². The Morgan fingerprint density at radius 3 is 2.39 bits per heavy atom. The van der Waals surface area contributed by atoms with Gasteiger partial charge in [-0.2, -0.15) is 0 Å². The van der Waals surface area contributed by atoms with Crippen molar-refractivity contribution < 1.29 is 19.1 Å². The summed E-state index contributed by atoms with van der Waals surface area (Å²) in [5.41, 5.74) is 0.895. The molecule has 0 heterocycles. The van der Waals surface area contributed by atoms with E-state index >= 15 is 0 Å². The van der Waals surface area contributed by atoms with Gasteiger partial charge in [0.15, 0.2) is 6.61 Å². The van der Waals surface area contributed by atoms with Gasteiger partial charge >= 0.3 is 0 Å². The topological polar surface area (TPSA) is 67.9 Å². The third kappa shape index (κ3) is 7.79. The van der Waals surface area contributed by atoms with Crippen molar-refractivity contribution in [2.45, 2.75) is 39.8 Å². The van der Waals surface area contributed by atoms with Gasteiger partial charge in [-0.25, -0.2) is 0 Å². The van der Waals surface area contributed by atoms with E-state index in [1.54, 1.807) is 36.3 Å². The molecule has 7 heteroatoms. The summed E-state index contributed by atoms with van der Waals surface area (Å²) in [6.07, 6.45) is 0.489. The summed E-state index contributed by atoms with van der Waals surface area (Å²) in [5, 5.41) is 3.47. The molecule has 0 aliphatic carbocycles. The molecule has 1 unspecified atom stereocenters. The summed E-state index contributed by atoms with van der Waals surface area (Å²) in [7, 11) is 1.60. The molecule has 1 N–H and O–H groups in total. The van der Waals surface area contributed by atoms with Gasteiger partial charge in [-0.15, -0.1) is 0 Å². The number of nitrogens with zero attached hydrogens (tertiary/aromatic N) is 1. The Morgan fingerprint density at radius 1 is 1.10 bits per heavy atom. The van der Waals surface area contributed by atoms with Gasteiger partial charge in [-0.1, -0.05) is 50.6 Å². The van der Waals surface area contributed by atoms with E-state index in [0.29, 0.717) is 29.7 Å². The van der Waals surface area contributed by atoms with Crippen molar-refractivity contribution in [1.29, 1.82) is 0 Å². The smallest absolute Gasteiger partial charge is 0.261 e. The number of hydrogen-bond donors (Lipinski definition) is 1. The zero-order chi connectivity index (χ0) is 22.8. The minimum atomic E-state index is -0.601. The summed E-state index contributed by atoms with van der Waals surface area (Å²) in [4.78, 5) is 27.6. The molecule has 0 spiro atoms. The second-order valence-corrected chi connectivity index (χ2v) is 8.12. The molecule has 0 aliphatic rings. The number of carbonyl (C=O) groups excluding carboxylic acids is 2. The van der Waals surface area contributed by atoms with Crippen molar-refractivity contribution in [2.75, 3.05) is 20.3 Å². The second kappa shape index (κ2) is 12.2. The lowest BCUT2D eigenvalue weighted by molar-refractivity contribution is -0.143. The molecule has 2 aromatic carbocycles. The quantitative estimate of drug-likeness (QED) is 0.558. The van der Waals surface area contributed by atoms with Crippen molar-refractivity contribution in [1.82, 2.24) is 10.2 Å². The van der Waals surface area contributed by atoms with Gasteiger partial charge in [0, 0.05) is 18.1 Å². The van der Waals surface area contributed by atoms with Gasteiger partial charge in [-0.3, -0.25) is 9.59 Å². The first-order chi connectivity index (χ1) is 14.8. The number of nitrogens with one attached hydrogen (secondary N) is 1. The standard InChI is InChI=1S/C24H31ClN2O4/c1-5-22(24(29)26-14-17(2)3)27(15-18-9-11-20(30-4)12-10-18)23(28)16-31-21-8-6-7-19(25)13-21/h6-13,17,22H,5,14-16H2,1-4H3,(H,26,29). The number of methoxy groups -OCH3 is 1. The Balaban J connectivity index is 2.19. The highest BCUT2D eigenvalue weighted by molar-refractivity contribution is 6.30. The zero-order valence-corrected chi connectivity index (χ0v) is 19.3. The van der Waals surface area contributed by atoms with E-state index in [4.69, 9.17) is 21.1 Å². The Kier molecular flexibility index (Phi) is 9.66. The van der Waals surface area contributed by atoms with Gasteiger partial charge in [0.25, 0.3) is 5.91 Å². The SMILES string of the molecule is CCC(C(=O)NCC(C)C)N(Cc1ccc(OC)cc1)C(=O)COc1cccc(Cl)c1. The predicted molar refractivity (Wildman–Crippen MR) is 122 cm³/mol. The molecule has 1 atom stereocenters. The van der Waals surface area contributed by atoms with Crippen LogP contribution in [-0.4, -0.2) is 43.0 Å². The van der Waals surface area contributed by atoms with E-state index in [-0.39, 0.29) is 25.0 Å². The Bertz CT molecular complexity index is 855. The molecule has 31 heavy (non-hydrogen) atoms.